The molecule has 0 saturated heterocycles. The predicted molar refractivity (Wildman–Crippen MR) is 63.0 cm³/mol. The molecule has 0 bridgehead atoms. The number of hydrogen-bond donors (Lipinski definition) is 1. The van der Waals surface area contributed by atoms with Crippen LogP contribution in [0.1, 0.15) is 12.5 Å². The number of likely N-dealkylation sites (N-methyl/N-ethyl adjacent to an activating group) is 2. The average Bonchev–Trinajstić information content (AvgIpc) is 2.62. The molecule has 0 aliphatic rings. The van der Waals surface area contributed by atoms with E-state index in [9.17, 15) is 0 Å². The van der Waals surface area contributed by atoms with E-state index in [1.807, 2.05) is 17.9 Å². The van der Waals surface area contributed by atoms with Crippen molar-refractivity contribution in [3.8, 4) is 0 Å². The lowest BCUT2D eigenvalue weighted by Gasteiger charge is -2.15. The van der Waals surface area contributed by atoms with Crippen LogP contribution in [0, 0.1) is 0 Å². The molecule has 0 amide bonds. The molecule has 1 heterocycles. The topological polar surface area (TPSA) is 33.1 Å². The summed E-state index contributed by atoms with van der Waals surface area (Å²) in [6.07, 6.45) is 5.10. The van der Waals surface area contributed by atoms with E-state index in [1.165, 1.54) is 5.56 Å². The van der Waals surface area contributed by atoms with Gasteiger partial charge in [-0.25, -0.2) is 0 Å². The van der Waals surface area contributed by atoms with E-state index >= 15 is 0 Å². The van der Waals surface area contributed by atoms with Gasteiger partial charge in [0.1, 0.15) is 0 Å². The van der Waals surface area contributed by atoms with Crippen molar-refractivity contribution in [1.29, 1.82) is 0 Å². The van der Waals surface area contributed by atoms with Gasteiger partial charge in [-0.05, 0) is 25.6 Å². The average molecular weight is 210 g/mol. The lowest BCUT2D eigenvalue weighted by molar-refractivity contribution is 0.337. The van der Waals surface area contributed by atoms with Gasteiger partial charge in [-0.15, -0.1) is 0 Å². The first-order valence-electron chi connectivity index (χ1n) is 5.59. The molecule has 4 nitrogen and oxygen atoms in total. The third kappa shape index (κ3) is 4.95. The Kier molecular flexibility index (Phi) is 5.36. The largest absolute Gasteiger partial charge is 0.316 e. The van der Waals surface area contributed by atoms with Crippen LogP contribution >= 0.6 is 0 Å². The fourth-order valence-electron chi connectivity index (χ4n) is 1.48. The van der Waals surface area contributed by atoms with Gasteiger partial charge in [-0.3, -0.25) is 4.68 Å². The summed E-state index contributed by atoms with van der Waals surface area (Å²) in [4.78, 5) is 2.34. The van der Waals surface area contributed by atoms with Crippen LogP contribution in [-0.4, -0.2) is 47.9 Å². The molecule has 1 N–H and O–H groups in total. The molecule has 1 aromatic rings. The van der Waals surface area contributed by atoms with Crippen LogP contribution in [0.25, 0.3) is 0 Å². The van der Waals surface area contributed by atoms with E-state index in [0.29, 0.717) is 0 Å². The molecule has 4 heteroatoms. The minimum Gasteiger partial charge on any atom is -0.316 e. The zero-order chi connectivity index (χ0) is 11.1. The van der Waals surface area contributed by atoms with Gasteiger partial charge in [0, 0.05) is 32.9 Å². The number of aromatic nitrogens is 2. The molecular weight excluding hydrogens is 188 g/mol. The van der Waals surface area contributed by atoms with Crippen molar-refractivity contribution < 1.29 is 0 Å². The lowest BCUT2D eigenvalue weighted by Crippen LogP contribution is -2.30. The lowest BCUT2D eigenvalue weighted by atomic mass is 10.2. The maximum atomic E-state index is 4.16. The van der Waals surface area contributed by atoms with Crippen LogP contribution in [0.3, 0.4) is 0 Å². The molecular formula is C11H22N4. The van der Waals surface area contributed by atoms with E-state index in [1.54, 1.807) is 0 Å². The van der Waals surface area contributed by atoms with Gasteiger partial charge < -0.3 is 10.2 Å². The molecule has 0 radical (unpaired) electrons. The standard InChI is InChI=1S/C11H22N4/c1-4-12-6-8-14(2)7-5-11-9-13-15(3)10-11/h9-10,12H,4-8H2,1-3H3. The van der Waals surface area contributed by atoms with Crippen LogP contribution in [0.15, 0.2) is 12.4 Å². The third-order valence-corrected chi connectivity index (χ3v) is 2.46. The van der Waals surface area contributed by atoms with Gasteiger partial charge in [-0.2, -0.15) is 5.10 Å². The fourth-order valence-corrected chi connectivity index (χ4v) is 1.48. The summed E-state index contributed by atoms with van der Waals surface area (Å²) in [5, 5.41) is 7.48. The van der Waals surface area contributed by atoms with Crippen molar-refractivity contribution in [1.82, 2.24) is 20.0 Å². The molecule has 0 aliphatic carbocycles. The molecule has 15 heavy (non-hydrogen) atoms. The van der Waals surface area contributed by atoms with E-state index in [2.05, 4.69) is 35.5 Å². The molecule has 1 aromatic heterocycles. The maximum Gasteiger partial charge on any atom is 0.0522 e. The third-order valence-electron chi connectivity index (χ3n) is 2.46. The van der Waals surface area contributed by atoms with Crippen LogP contribution in [-0.2, 0) is 13.5 Å². The SMILES string of the molecule is CCNCCN(C)CCc1cnn(C)c1. The van der Waals surface area contributed by atoms with E-state index in [4.69, 9.17) is 0 Å². The molecule has 0 fully saturated rings. The molecule has 86 valence electrons. The Morgan fingerprint density at radius 2 is 2.27 bits per heavy atom. The number of nitrogens with one attached hydrogen (secondary N) is 1. The summed E-state index contributed by atoms with van der Waals surface area (Å²) >= 11 is 0. The first-order valence-corrected chi connectivity index (χ1v) is 5.59. The molecule has 0 aliphatic heterocycles. The van der Waals surface area contributed by atoms with Crippen LogP contribution in [0.4, 0.5) is 0 Å². The van der Waals surface area contributed by atoms with Gasteiger partial charge in [0.15, 0.2) is 0 Å². The van der Waals surface area contributed by atoms with Gasteiger partial charge >= 0.3 is 0 Å². The minimum absolute atomic E-state index is 1.05. The first-order chi connectivity index (χ1) is 7.22. The summed E-state index contributed by atoms with van der Waals surface area (Å²) in [6.45, 7) is 6.46. The molecule has 0 aromatic carbocycles. The Labute approximate surface area is 92.3 Å². The Morgan fingerprint density at radius 3 is 2.87 bits per heavy atom. The smallest absolute Gasteiger partial charge is 0.0522 e. The fraction of sp³-hybridized carbons (Fsp3) is 0.727. The van der Waals surface area contributed by atoms with Gasteiger partial charge in [-0.1, -0.05) is 6.92 Å². The van der Waals surface area contributed by atoms with Crippen LogP contribution in [0.2, 0.25) is 0 Å². The number of aryl methyl sites for hydroxylation is 1. The summed E-state index contributed by atoms with van der Waals surface area (Å²) < 4.78 is 1.86. The molecule has 0 atom stereocenters. The van der Waals surface area contributed by atoms with Crippen LogP contribution < -0.4 is 5.32 Å². The second kappa shape index (κ2) is 6.58. The maximum absolute atomic E-state index is 4.16. The molecule has 1 rings (SSSR count). The Hall–Kier alpha value is -0.870. The van der Waals surface area contributed by atoms with Crippen molar-refractivity contribution in [3.63, 3.8) is 0 Å². The highest BCUT2D eigenvalue weighted by atomic mass is 15.2. The summed E-state index contributed by atoms with van der Waals surface area (Å²) in [5.74, 6) is 0. The number of nitrogens with zero attached hydrogens (tertiary/aromatic N) is 3. The van der Waals surface area contributed by atoms with Gasteiger partial charge in [0.2, 0.25) is 0 Å². The van der Waals surface area contributed by atoms with Crippen molar-refractivity contribution in [2.24, 2.45) is 7.05 Å². The predicted octanol–water partition coefficient (Wildman–Crippen LogP) is 0.504. The number of hydrogen-bond acceptors (Lipinski definition) is 3. The minimum atomic E-state index is 1.05. The normalized spacial score (nSPS) is 11.2. The molecule has 0 spiro atoms. The summed E-state index contributed by atoms with van der Waals surface area (Å²) in [7, 11) is 4.12. The van der Waals surface area contributed by atoms with Gasteiger partial charge in [0.25, 0.3) is 0 Å². The van der Waals surface area contributed by atoms with E-state index in [-0.39, 0.29) is 0 Å². The van der Waals surface area contributed by atoms with E-state index < -0.39 is 0 Å². The molecule has 0 saturated carbocycles. The zero-order valence-electron chi connectivity index (χ0n) is 10.0. The Morgan fingerprint density at radius 1 is 1.47 bits per heavy atom. The summed E-state index contributed by atoms with van der Waals surface area (Å²) in [5.41, 5.74) is 1.31. The van der Waals surface area contributed by atoms with Crippen molar-refractivity contribution in [2.75, 3.05) is 33.2 Å². The second-order valence-electron chi connectivity index (χ2n) is 3.93. The van der Waals surface area contributed by atoms with E-state index in [0.717, 1.165) is 32.6 Å². The van der Waals surface area contributed by atoms with Crippen molar-refractivity contribution in [2.45, 2.75) is 13.3 Å². The highest BCUT2D eigenvalue weighted by molar-refractivity contribution is 5.03. The summed E-state index contributed by atoms with van der Waals surface area (Å²) in [6, 6.07) is 0. The van der Waals surface area contributed by atoms with Crippen LogP contribution in [0.5, 0.6) is 0 Å². The van der Waals surface area contributed by atoms with Crippen molar-refractivity contribution >= 4 is 0 Å². The first kappa shape index (κ1) is 12.2. The number of rotatable bonds is 7. The Bertz CT molecular complexity index is 269. The van der Waals surface area contributed by atoms with Crippen molar-refractivity contribution in [3.05, 3.63) is 18.0 Å². The second-order valence-corrected chi connectivity index (χ2v) is 3.93. The quantitative estimate of drug-likeness (QED) is 0.665. The Balaban J connectivity index is 2.13. The zero-order valence-corrected chi connectivity index (χ0v) is 10.0. The monoisotopic (exact) mass is 210 g/mol. The highest BCUT2D eigenvalue weighted by Crippen LogP contribution is 1.98. The van der Waals surface area contributed by atoms with Gasteiger partial charge in [0.05, 0.1) is 6.20 Å². The highest BCUT2D eigenvalue weighted by Gasteiger charge is 2.00. The molecule has 0 unspecified atom stereocenters.